The number of terminal acetylenes is 2. The Morgan fingerprint density at radius 2 is 1.80 bits per heavy atom. The van der Waals surface area contributed by atoms with Crippen LogP contribution in [0.25, 0.3) is 0 Å². The molecule has 1 aromatic carbocycles. The second kappa shape index (κ2) is 5.47. The number of hydrogen-bond acceptors (Lipinski definition) is 3. The maximum Gasteiger partial charge on any atom is 0.166 e. The Kier molecular flexibility index (Phi) is 3.94. The van der Waals surface area contributed by atoms with Crippen molar-refractivity contribution in [2.45, 2.75) is 0 Å². The predicted octanol–water partition coefficient (Wildman–Crippen LogP) is 1.42. The number of hydrogen-bond donors (Lipinski definition) is 1. The minimum absolute atomic E-state index is 0.0123. The van der Waals surface area contributed by atoms with E-state index in [1.165, 1.54) is 12.1 Å². The first kappa shape index (κ1) is 10.8. The lowest BCUT2D eigenvalue weighted by atomic mass is 10.3. The molecule has 0 bridgehead atoms. The Bertz CT molecular complexity index is 410. The lowest BCUT2D eigenvalue weighted by Gasteiger charge is -2.07. The molecule has 0 aliphatic heterocycles. The standard InChI is InChI=1S/C12H10O3/c1-3-7-14-10-5-6-11(13)12(9-10)15-8-4-2/h1-2,5-6,9,13H,7-8H2. The van der Waals surface area contributed by atoms with Gasteiger partial charge in [-0.15, -0.1) is 12.8 Å². The van der Waals surface area contributed by atoms with Crippen LogP contribution in [0.1, 0.15) is 0 Å². The molecule has 3 heteroatoms. The van der Waals surface area contributed by atoms with Crippen LogP contribution in [-0.2, 0) is 0 Å². The summed E-state index contributed by atoms with van der Waals surface area (Å²) in [7, 11) is 0. The van der Waals surface area contributed by atoms with Crippen LogP contribution in [0.2, 0.25) is 0 Å². The van der Waals surface area contributed by atoms with Crippen molar-refractivity contribution in [3.63, 3.8) is 0 Å². The third-order valence-corrected chi connectivity index (χ3v) is 1.56. The second-order valence-electron chi connectivity index (χ2n) is 2.62. The van der Waals surface area contributed by atoms with Gasteiger partial charge in [-0.2, -0.15) is 0 Å². The molecular formula is C12H10O3. The number of benzene rings is 1. The second-order valence-corrected chi connectivity index (χ2v) is 2.62. The topological polar surface area (TPSA) is 38.7 Å². The summed E-state index contributed by atoms with van der Waals surface area (Å²) < 4.78 is 10.2. The summed E-state index contributed by atoms with van der Waals surface area (Å²) in [6, 6.07) is 4.58. The molecule has 0 radical (unpaired) electrons. The Hall–Kier alpha value is -2.26. The van der Waals surface area contributed by atoms with E-state index >= 15 is 0 Å². The number of phenols is 1. The SMILES string of the molecule is C#CCOc1ccc(O)c(OCC#C)c1. The summed E-state index contributed by atoms with van der Waals surface area (Å²) >= 11 is 0. The van der Waals surface area contributed by atoms with Gasteiger partial charge >= 0.3 is 0 Å². The van der Waals surface area contributed by atoms with Gasteiger partial charge in [0, 0.05) is 6.07 Å². The van der Waals surface area contributed by atoms with Gasteiger partial charge in [-0.3, -0.25) is 0 Å². The molecule has 76 valence electrons. The zero-order valence-electron chi connectivity index (χ0n) is 8.06. The summed E-state index contributed by atoms with van der Waals surface area (Å²) in [5.41, 5.74) is 0. The van der Waals surface area contributed by atoms with E-state index in [0.717, 1.165) is 0 Å². The van der Waals surface area contributed by atoms with E-state index in [2.05, 4.69) is 11.8 Å². The molecule has 0 saturated carbocycles. The zero-order chi connectivity index (χ0) is 11.1. The first-order chi connectivity index (χ1) is 7.27. The molecule has 0 aliphatic rings. The third kappa shape index (κ3) is 3.17. The monoisotopic (exact) mass is 202 g/mol. The molecule has 1 aromatic rings. The molecular weight excluding hydrogens is 192 g/mol. The summed E-state index contributed by atoms with van der Waals surface area (Å²) in [4.78, 5) is 0. The molecule has 0 spiro atoms. The average Bonchev–Trinajstić information content (AvgIpc) is 2.26. The van der Waals surface area contributed by atoms with Gasteiger partial charge in [0.1, 0.15) is 19.0 Å². The molecule has 0 heterocycles. The normalized spacial score (nSPS) is 8.67. The lowest BCUT2D eigenvalue weighted by molar-refractivity contribution is 0.331. The first-order valence-electron chi connectivity index (χ1n) is 4.23. The maximum atomic E-state index is 9.40. The lowest BCUT2D eigenvalue weighted by Crippen LogP contribution is -1.96. The molecule has 0 amide bonds. The van der Waals surface area contributed by atoms with Crippen LogP contribution in [0.3, 0.4) is 0 Å². The van der Waals surface area contributed by atoms with Crippen LogP contribution in [0.15, 0.2) is 18.2 Å². The van der Waals surface area contributed by atoms with Crippen LogP contribution in [0.5, 0.6) is 17.2 Å². The Morgan fingerprint density at radius 1 is 1.13 bits per heavy atom. The molecule has 0 fully saturated rings. The summed E-state index contributed by atoms with van der Waals surface area (Å²) in [6.45, 7) is 0.255. The van der Waals surface area contributed by atoms with Gasteiger partial charge in [-0.25, -0.2) is 0 Å². The fourth-order valence-corrected chi connectivity index (χ4v) is 0.944. The van der Waals surface area contributed by atoms with E-state index in [-0.39, 0.29) is 24.7 Å². The van der Waals surface area contributed by atoms with Crippen molar-refractivity contribution in [1.82, 2.24) is 0 Å². The number of phenolic OH excluding ortho intramolecular Hbond substituents is 1. The fourth-order valence-electron chi connectivity index (χ4n) is 0.944. The maximum absolute atomic E-state index is 9.40. The molecule has 1 N–H and O–H groups in total. The molecule has 0 unspecified atom stereocenters. The highest BCUT2D eigenvalue weighted by Crippen LogP contribution is 2.30. The van der Waals surface area contributed by atoms with E-state index < -0.39 is 0 Å². The Balaban J connectivity index is 2.77. The van der Waals surface area contributed by atoms with Gasteiger partial charge in [0.25, 0.3) is 0 Å². The fraction of sp³-hybridized carbons (Fsp3) is 0.167. The highest BCUT2D eigenvalue weighted by Gasteiger charge is 2.03. The summed E-state index contributed by atoms with van der Waals surface area (Å²) in [5, 5.41) is 9.40. The number of aromatic hydroxyl groups is 1. The summed E-state index contributed by atoms with van der Waals surface area (Å²) in [5.74, 6) is 5.45. The van der Waals surface area contributed by atoms with E-state index in [4.69, 9.17) is 22.3 Å². The molecule has 0 aliphatic carbocycles. The quantitative estimate of drug-likeness (QED) is 0.750. The highest BCUT2D eigenvalue weighted by molar-refractivity contribution is 5.44. The smallest absolute Gasteiger partial charge is 0.166 e. The van der Waals surface area contributed by atoms with Crippen LogP contribution >= 0.6 is 0 Å². The molecule has 1 rings (SSSR count). The zero-order valence-corrected chi connectivity index (χ0v) is 8.06. The molecule has 3 nitrogen and oxygen atoms in total. The van der Waals surface area contributed by atoms with Crippen LogP contribution in [0.4, 0.5) is 0 Å². The largest absolute Gasteiger partial charge is 0.504 e. The van der Waals surface area contributed by atoms with Crippen molar-refractivity contribution in [3.8, 4) is 41.9 Å². The van der Waals surface area contributed by atoms with Gasteiger partial charge in [0.15, 0.2) is 11.5 Å². The first-order valence-corrected chi connectivity index (χ1v) is 4.23. The number of rotatable bonds is 4. The molecule has 15 heavy (non-hydrogen) atoms. The van der Waals surface area contributed by atoms with Crippen LogP contribution < -0.4 is 9.47 Å². The summed E-state index contributed by atoms with van der Waals surface area (Å²) in [6.07, 6.45) is 10.1. The highest BCUT2D eigenvalue weighted by atomic mass is 16.5. The van der Waals surface area contributed by atoms with Gasteiger partial charge < -0.3 is 14.6 Å². The van der Waals surface area contributed by atoms with Crippen molar-refractivity contribution in [2.24, 2.45) is 0 Å². The van der Waals surface area contributed by atoms with Gasteiger partial charge in [-0.1, -0.05) is 11.8 Å². The average molecular weight is 202 g/mol. The predicted molar refractivity (Wildman–Crippen MR) is 56.8 cm³/mol. The van der Waals surface area contributed by atoms with Crippen molar-refractivity contribution < 1.29 is 14.6 Å². The van der Waals surface area contributed by atoms with E-state index in [1.807, 2.05) is 0 Å². The molecule has 0 atom stereocenters. The third-order valence-electron chi connectivity index (χ3n) is 1.56. The van der Waals surface area contributed by atoms with Crippen molar-refractivity contribution in [3.05, 3.63) is 18.2 Å². The van der Waals surface area contributed by atoms with Crippen molar-refractivity contribution >= 4 is 0 Å². The van der Waals surface area contributed by atoms with Crippen LogP contribution in [0, 0.1) is 24.7 Å². The minimum Gasteiger partial charge on any atom is -0.504 e. The number of ether oxygens (including phenoxy) is 2. The van der Waals surface area contributed by atoms with Crippen molar-refractivity contribution in [2.75, 3.05) is 13.2 Å². The van der Waals surface area contributed by atoms with Crippen molar-refractivity contribution in [1.29, 1.82) is 0 Å². The molecule has 0 saturated heterocycles. The Morgan fingerprint density at radius 3 is 2.47 bits per heavy atom. The Labute approximate surface area is 88.6 Å². The van der Waals surface area contributed by atoms with Gasteiger partial charge in [0.2, 0.25) is 0 Å². The van der Waals surface area contributed by atoms with Crippen LogP contribution in [-0.4, -0.2) is 18.3 Å². The van der Waals surface area contributed by atoms with E-state index in [9.17, 15) is 5.11 Å². The van der Waals surface area contributed by atoms with E-state index in [1.54, 1.807) is 6.07 Å². The minimum atomic E-state index is 0.0123. The van der Waals surface area contributed by atoms with E-state index in [0.29, 0.717) is 5.75 Å². The van der Waals surface area contributed by atoms with Gasteiger partial charge in [0.05, 0.1) is 0 Å². The molecule has 0 aromatic heterocycles. The van der Waals surface area contributed by atoms with Gasteiger partial charge in [-0.05, 0) is 12.1 Å².